The smallest absolute Gasteiger partial charge is 0.239 e. The first-order chi connectivity index (χ1) is 12.6. The fourth-order valence-corrected chi connectivity index (χ4v) is 3.37. The molecule has 26 heavy (non-hydrogen) atoms. The maximum absolute atomic E-state index is 12.1. The molecule has 0 aliphatic rings. The minimum atomic E-state index is -0.191. The maximum atomic E-state index is 12.1. The van der Waals surface area contributed by atoms with Gasteiger partial charge in [0, 0.05) is 11.4 Å². The molecule has 6 heteroatoms. The summed E-state index contributed by atoms with van der Waals surface area (Å²) in [4.78, 5) is 24.8. The van der Waals surface area contributed by atoms with Crippen molar-refractivity contribution in [3.8, 4) is 0 Å². The van der Waals surface area contributed by atoms with Gasteiger partial charge in [0.2, 0.25) is 11.8 Å². The molecule has 1 aromatic heterocycles. The Morgan fingerprint density at radius 2 is 1.73 bits per heavy atom. The van der Waals surface area contributed by atoms with Crippen molar-refractivity contribution >= 4 is 23.2 Å². The molecule has 1 heterocycles. The number of rotatable bonds is 10. The van der Waals surface area contributed by atoms with Crippen molar-refractivity contribution in [2.24, 2.45) is 0 Å². The van der Waals surface area contributed by atoms with Crippen molar-refractivity contribution in [3.05, 3.63) is 57.8 Å². The number of carbonyl (C=O) groups is 2. The Balaban J connectivity index is 1.93. The van der Waals surface area contributed by atoms with E-state index in [-0.39, 0.29) is 30.9 Å². The van der Waals surface area contributed by atoms with Crippen LogP contribution in [0.5, 0.6) is 0 Å². The van der Waals surface area contributed by atoms with Crippen molar-refractivity contribution in [3.63, 3.8) is 0 Å². The van der Waals surface area contributed by atoms with E-state index < -0.39 is 0 Å². The fourth-order valence-electron chi connectivity index (χ4n) is 2.55. The van der Waals surface area contributed by atoms with Gasteiger partial charge in [-0.2, -0.15) is 0 Å². The van der Waals surface area contributed by atoms with Crippen LogP contribution in [0.15, 0.2) is 41.8 Å². The van der Waals surface area contributed by atoms with Gasteiger partial charge in [-0.25, -0.2) is 0 Å². The van der Waals surface area contributed by atoms with Gasteiger partial charge in [0.05, 0.1) is 19.1 Å². The summed E-state index contributed by atoms with van der Waals surface area (Å²) < 4.78 is 0. The molecule has 0 fully saturated rings. The second-order valence-electron chi connectivity index (χ2n) is 6.05. The van der Waals surface area contributed by atoms with Gasteiger partial charge in [-0.05, 0) is 35.4 Å². The van der Waals surface area contributed by atoms with Crippen LogP contribution in [0.4, 0.5) is 0 Å². The summed E-state index contributed by atoms with van der Waals surface area (Å²) >= 11 is 1.66. The van der Waals surface area contributed by atoms with Crippen molar-refractivity contribution in [2.75, 3.05) is 19.6 Å². The van der Waals surface area contributed by atoms with Gasteiger partial charge >= 0.3 is 0 Å². The van der Waals surface area contributed by atoms with Crippen LogP contribution in [0.3, 0.4) is 0 Å². The van der Waals surface area contributed by atoms with E-state index in [9.17, 15) is 9.59 Å². The van der Waals surface area contributed by atoms with Gasteiger partial charge in [0.25, 0.3) is 0 Å². The third-order valence-corrected chi connectivity index (χ3v) is 4.97. The lowest BCUT2D eigenvalue weighted by Crippen LogP contribution is -2.41. The van der Waals surface area contributed by atoms with Crippen LogP contribution in [0.2, 0.25) is 0 Å². The molecule has 1 atom stereocenters. The summed E-state index contributed by atoms with van der Waals surface area (Å²) in [6, 6.07) is 12.5. The van der Waals surface area contributed by atoms with Crippen LogP contribution in [-0.4, -0.2) is 31.4 Å². The quantitative estimate of drug-likeness (QED) is 0.600. The third kappa shape index (κ3) is 6.28. The summed E-state index contributed by atoms with van der Waals surface area (Å²) in [5, 5.41) is 10.7. The van der Waals surface area contributed by atoms with Crippen molar-refractivity contribution in [1.29, 1.82) is 0 Å². The van der Waals surface area contributed by atoms with Gasteiger partial charge in [-0.3, -0.25) is 14.9 Å². The molecule has 0 unspecified atom stereocenters. The SMILES string of the molecule is CCCNC(=O)CNC(=O)CN[C@H](c1ccc(CC)cc1)c1cccs1. The summed E-state index contributed by atoms with van der Waals surface area (Å²) in [6.45, 7) is 4.90. The third-order valence-electron chi connectivity index (χ3n) is 4.03. The van der Waals surface area contributed by atoms with Crippen LogP contribution in [0.1, 0.15) is 42.3 Å². The van der Waals surface area contributed by atoms with E-state index in [4.69, 9.17) is 0 Å². The first-order valence-corrected chi connectivity index (χ1v) is 9.91. The molecule has 0 saturated carbocycles. The average molecular weight is 374 g/mol. The Morgan fingerprint density at radius 1 is 1.00 bits per heavy atom. The number of nitrogens with one attached hydrogen (secondary N) is 3. The topological polar surface area (TPSA) is 70.2 Å². The molecule has 0 saturated heterocycles. The van der Waals surface area contributed by atoms with E-state index in [2.05, 4.69) is 53.2 Å². The highest BCUT2D eigenvalue weighted by Gasteiger charge is 2.16. The zero-order chi connectivity index (χ0) is 18.8. The van der Waals surface area contributed by atoms with Crippen LogP contribution in [0.25, 0.3) is 0 Å². The van der Waals surface area contributed by atoms with Crippen LogP contribution in [-0.2, 0) is 16.0 Å². The molecule has 1 aromatic carbocycles. The van der Waals surface area contributed by atoms with Crippen molar-refractivity contribution in [2.45, 2.75) is 32.7 Å². The first-order valence-electron chi connectivity index (χ1n) is 9.03. The van der Waals surface area contributed by atoms with E-state index in [1.807, 2.05) is 18.4 Å². The molecule has 140 valence electrons. The van der Waals surface area contributed by atoms with Gasteiger partial charge in [0.15, 0.2) is 0 Å². The number of benzene rings is 1. The standard InChI is InChI=1S/C20H27N3O2S/c1-3-11-21-18(24)13-22-19(25)14-23-20(17-6-5-12-26-17)16-9-7-15(4-2)8-10-16/h5-10,12,20,23H,3-4,11,13-14H2,1-2H3,(H,21,24)(H,22,25)/t20-/m1/s1. The number of aryl methyl sites for hydroxylation is 1. The second kappa shape index (κ2) is 10.7. The highest BCUT2D eigenvalue weighted by atomic mass is 32.1. The Labute approximate surface area is 159 Å². The highest BCUT2D eigenvalue weighted by molar-refractivity contribution is 7.10. The van der Waals surface area contributed by atoms with E-state index in [0.29, 0.717) is 6.54 Å². The normalized spacial score (nSPS) is 11.8. The molecule has 2 aromatic rings. The molecule has 3 N–H and O–H groups in total. The number of thiophene rings is 1. The van der Waals surface area contributed by atoms with Crippen molar-refractivity contribution < 1.29 is 9.59 Å². The van der Waals surface area contributed by atoms with Crippen LogP contribution < -0.4 is 16.0 Å². The second-order valence-corrected chi connectivity index (χ2v) is 7.03. The van der Waals surface area contributed by atoms with E-state index in [1.165, 1.54) is 5.56 Å². The monoisotopic (exact) mass is 373 g/mol. The maximum Gasteiger partial charge on any atom is 0.239 e. The van der Waals surface area contributed by atoms with Crippen molar-refractivity contribution in [1.82, 2.24) is 16.0 Å². The van der Waals surface area contributed by atoms with E-state index in [0.717, 1.165) is 23.3 Å². The molecule has 0 radical (unpaired) electrons. The minimum Gasteiger partial charge on any atom is -0.355 e. The number of hydrogen-bond acceptors (Lipinski definition) is 4. The largest absolute Gasteiger partial charge is 0.355 e. The zero-order valence-electron chi connectivity index (χ0n) is 15.4. The summed E-state index contributed by atoms with van der Waals surface area (Å²) in [6.07, 6.45) is 1.88. The Kier molecular flexibility index (Phi) is 8.31. The van der Waals surface area contributed by atoms with Crippen LogP contribution in [0, 0.1) is 0 Å². The number of carbonyl (C=O) groups excluding carboxylic acids is 2. The molecule has 0 aliphatic carbocycles. The molecular weight excluding hydrogens is 346 g/mol. The van der Waals surface area contributed by atoms with Gasteiger partial charge in [-0.15, -0.1) is 11.3 Å². The fraction of sp³-hybridized carbons (Fsp3) is 0.400. The highest BCUT2D eigenvalue weighted by Crippen LogP contribution is 2.26. The zero-order valence-corrected chi connectivity index (χ0v) is 16.2. The Hall–Kier alpha value is -2.18. The predicted molar refractivity (Wildman–Crippen MR) is 106 cm³/mol. The van der Waals surface area contributed by atoms with Gasteiger partial charge in [0.1, 0.15) is 0 Å². The Morgan fingerprint density at radius 3 is 2.35 bits per heavy atom. The number of hydrogen-bond donors (Lipinski definition) is 3. The lowest BCUT2D eigenvalue weighted by atomic mass is 10.0. The summed E-state index contributed by atoms with van der Waals surface area (Å²) in [7, 11) is 0. The molecule has 2 rings (SSSR count). The van der Waals surface area contributed by atoms with E-state index in [1.54, 1.807) is 11.3 Å². The summed E-state index contributed by atoms with van der Waals surface area (Å²) in [5.41, 5.74) is 2.41. The van der Waals surface area contributed by atoms with Gasteiger partial charge in [-0.1, -0.05) is 44.2 Å². The lowest BCUT2D eigenvalue weighted by molar-refractivity contribution is -0.125. The first kappa shape index (κ1) is 20.1. The molecule has 0 aliphatic heterocycles. The number of amides is 2. The summed E-state index contributed by atoms with van der Waals surface area (Å²) in [5.74, 6) is -0.353. The Bertz CT molecular complexity index is 684. The van der Waals surface area contributed by atoms with Crippen LogP contribution >= 0.6 is 11.3 Å². The molecule has 2 amide bonds. The minimum absolute atomic E-state index is 0.00930. The molecule has 0 bridgehead atoms. The average Bonchev–Trinajstić information content (AvgIpc) is 3.19. The van der Waals surface area contributed by atoms with Gasteiger partial charge < -0.3 is 10.6 Å². The predicted octanol–water partition coefficient (Wildman–Crippen LogP) is 2.63. The molecule has 5 nitrogen and oxygen atoms in total. The lowest BCUT2D eigenvalue weighted by Gasteiger charge is -2.18. The molecule has 0 spiro atoms. The molecular formula is C20H27N3O2S. The van der Waals surface area contributed by atoms with E-state index >= 15 is 0 Å².